The summed E-state index contributed by atoms with van der Waals surface area (Å²) < 4.78 is 39.3. The van der Waals surface area contributed by atoms with Crippen molar-refractivity contribution in [3.8, 4) is 0 Å². The number of ether oxygens (including phenoxy) is 1. The lowest BCUT2D eigenvalue weighted by Gasteiger charge is -2.04. The van der Waals surface area contributed by atoms with Crippen molar-refractivity contribution in [3.63, 3.8) is 0 Å². The van der Waals surface area contributed by atoms with Crippen LogP contribution in [0.3, 0.4) is 0 Å². The summed E-state index contributed by atoms with van der Waals surface area (Å²) in [4.78, 5) is 0. The van der Waals surface area contributed by atoms with Gasteiger partial charge < -0.3 is 4.74 Å². The van der Waals surface area contributed by atoms with Crippen LogP contribution in [0.25, 0.3) is 0 Å². The molecule has 4 heteroatoms. The highest BCUT2D eigenvalue weighted by molar-refractivity contribution is 4.51. The normalized spacial score (nSPS) is 12.0. The Bertz CT molecular complexity index is 101. The molecule has 0 bridgehead atoms. The van der Waals surface area contributed by atoms with E-state index in [9.17, 15) is 13.2 Å². The van der Waals surface area contributed by atoms with Crippen molar-refractivity contribution >= 4 is 0 Å². The lowest BCUT2D eigenvalue weighted by atomic mass is 10.1. The van der Waals surface area contributed by atoms with Crippen LogP contribution in [-0.2, 0) is 4.74 Å². The van der Waals surface area contributed by atoms with Gasteiger partial charge in [-0.1, -0.05) is 12.8 Å². The molecule has 0 N–H and O–H groups in total. The molecule has 0 fully saturated rings. The molecule has 0 atom stereocenters. The van der Waals surface area contributed by atoms with Gasteiger partial charge in [-0.05, 0) is 12.8 Å². The molecule has 0 aromatic heterocycles. The van der Waals surface area contributed by atoms with Gasteiger partial charge in [-0.2, -0.15) is 13.2 Å². The Balaban J connectivity index is 3.01. The molecule has 0 heterocycles. The first-order valence-electron chi connectivity index (χ1n) is 4.00. The van der Waals surface area contributed by atoms with Gasteiger partial charge in [0, 0.05) is 13.0 Å². The number of rotatable bonds is 6. The minimum atomic E-state index is -4.00. The minimum absolute atomic E-state index is 0.223. The molecule has 0 aromatic carbocycles. The molecule has 0 saturated carbocycles. The fourth-order valence-electron chi connectivity index (χ4n) is 0.883. The predicted molar refractivity (Wildman–Crippen MR) is 40.4 cm³/mol. The van der Waals surface area contributed by atoms with E-state index in [4.69, 9.17) is 0 Å². The number of hydrogen-bond donors (Lipinski definition) is 0. The third kappa shape index (κ3) is 9.75. The summed E-state index contributed by atoms with van der Waals surface area (Å²) in [7, 11) is 3.16. The molecule has 0 aliphatic heterocycles. The van der Waals surface area contributed by atoms with Crippen LogP contribution < -0.4 is 0 Å². The van der Waals surface area contributed by atoms with Gasteiger partial charge in [-0.25, -0.2) is 0 Å². The lowest BCUT2D eigenvalue weighted by molar-refractivity contribution is -0.135. The topological polar surface area (TPSA) is 9.23 Å². The molecule has 0 rings (SSSR count). The summed E-state index contributed by atoms with van der Waals surface area (Å²) in [5.41, 5.74) is 0. The zero-order valence-corrected chi connectivity index (χ0v) is 6.99. The summed E-state index contributed by atoms with van der Waals surface area (Å²) in [6.07, 6.45) is -2.25. The van der Waals surface area contributed by atoms with Crippen LogP contribution in [-0.4, -0.2) is 12.8 Å². The van der Waals surface area contributed by atoms with Gasteiger partial charge in [-0.3, -0.25) is 0 Å². The monoisotopic (exact) mass is 183 g/mol. The Morgan fingerprint density at radius 1 is 1.00 bits per heavy atom. The summed E-state index contributed by atoms with van der Waals surface area (Å²) >= 11 is 0. The average Bonchev–Trinajstić information content (AvgIpc) is 1.94. The predicted octanol–water partition coefficient (Wildman–Crippen LogP) is 3.31. The van der Waals surface area contributed by atoms with Crippen molar-refractivity contribution in [2.24, 2.45) is 0 Å². The van der Waals surface area contributed by atoms with Crippen LogP contribution in [0.4, 0.5) is 13.2 Å². The van der Waals surface area contributed by atoms with Crippen LogP contribution in [0.5, 0.6) is 0 Å². The Labute approximate surface area is 70.9 Å². The van der Waals surface area contributed by atoms with E-state index in [0.717, 1.165) is 12.8 Å². The van der Waals surface area contributed by atoms with Gasteiger partial charge in [0.25, 0.3) is 0 Å². The van der Waals surface area contributed by atoms with Crippen molar-refractivity contribution < 1.29 is 17.9 Å². The third-order valence-corrected chi connectivity index (χ3v) is 1.50. The Morgan fingerprint density at radius 2 is 1.58 bits per heavy atom. The summed E-state index contributed by atoms with van der Waals surface area (Å²) in [5.74, 6) is 0. The van der Waals surface area contributed by atoms with E-state index in [-0.39, 0.29) is 6.42 Å². The number of unbranched alkanes of at least 4 members (excludes halogenated alkanes) is 3. The van der Waals surface area contributed by atoms with E-state index in [1.165, 1.54) is 0 Å². The second-order valence-electron chi connectivity index (χ2n) is 2.69. The highest BCUT2D eigenvalue weighted by atomic mass is 19.4. The van der Waals surface area contributed by atoms with Crippen molar-refractivity contribution in [1.82, 2.24) is 0 Å². The maximum absolute atomic E-state index is 11.6. The summed E-state index contributed by atoms with van der Waals surface area (Å²) in [5, 5.41) is 0. The van der Waals surface area contributed by atoms with Crippen molar-refractivity contribution in [1.29, 1.82) is 0 Å². The Hall–Kier alpha value is -0.250. The first-order valence-corrected chi connectivity index (χ1v) is 4.00. The molecule has 73 valence electrons. The zero-order valence-electron chi connectivity index (χ0n) is 6.99. The maximum Gasteiger partial charge on any atom is 0.389 e. The highest BCUT2D eigenvalue weighted by Crippen LogP contribution is 2.22. The van der Waals surface area contributed by atoms with E-state index in [2.05, 4.69) is 11.8 Å². The number of hydrogen-bond acceptors (Lipinski definition) is 1. The van der Waals surface area contributed by atoms with E-state index in [1.807, 2.05) is 0 Å². The Morgan fingerprint density at radius 3 is 2.08 bits per heavy atom. The van der Waals surface area contributed by atoms with Crippen molar-refractivity contribution in [3.05, 3.63) is 7.11 Å². The molecule has 0 amide bonds. The maximum atomic E-state index is 11.6. The summed E-state index contributed by atoms with van der Waals surface area (Å²) in [6.45, 7) is 0.534. The van der Waals surface area contributed by atoms with Crippen molar-refractivity contribution in [2.75, 3.05) is 6.61 Å². The smallest absolute Gasteiger partial charge is 0.379 e. The molecular weight excluding hydrogens is 169 g/mol. The van der Waals surface area contributed by atoms with Gasteiger partial charge in [-0.15, -0.1) is 0 Å². The second-order valence-corrected chi connectivity index (χ2v) is 2.69. The molecule has 1 radical (unpaired) electrons. The first kappa shape index (κ1) is 11.8. The quantitative estimate of drug-likeness (QED) is 0.574. The first-order chi connectivity index (χ1) is 5.56. The third-order valence-electron chi connectivity index (χ3n) is 1.50. The molecule has 0 aliphatic carbocycles. The Kier molecular flexibility index (Phi) is 6.16. The van der Waals surface area contributed by atoms with Crippen molar-refractivity contribution in [2.45, 2.75) is 38.3 Å². The van der Waals surface area contributed by atoms with E-state index >= 15 is 0 Å². The molecule has 0 aliphatic rings. The second kappa shape index (κ2) is 6.29. The van der Waals surface area contributed by atoms with Gasteiger partial charge in [0.1, 0.15) is 0 Å². The van der Waals surface area contributed by atoms with Crippen LogP contribution in [0.1, 0.15) is 32.1 Å². The van der Waals surface area contributed by atoms with Crippen LogP contribution in [0.2, 0.25) is 0 Å². The molecule has 0 aromatic rings. The molecule has 0 saturated heterocycles. The molecular formula is C8H14F3O. The van der Waals surface area contributed by atoms with Crippen LogP contribution >= 0.6 is 0 Å². The fourth-order valence-corrected chi connectivity index (χ4v) is 0.883. The highest BCUT2D eigenvalue weighted by Gasteiger charge is 2.25. The van der Waals surface area contributed by atoms with Crippen LogP contribution in [0, 0.1) is 7.11 Å². The zero-order chi connectivity index (χ0) is 9.45. The average molecular weight is 183 g/mol. The lowest BCUT2D eigenvalue weighted by Crippen LogP contribution is -2.06. The largest absolute Gasteiger partial charge is 0.389 e. The van der Waals surface area contributed by atoms with Gasteiger partial charge in [0.05, 0.1) is 7.11 Å². The van der Waals surface area contributed by atoms with E-state index in [1.54, 1.807) is 0 Å². The molecule has 0 spiro atoms. The van der Waals surface area contributed by atoms with E-state index in [0.29, 0.717) is 13.0 Å². The standard InChI is InChI=1S/C8H14F3O/c1-12-7-5-3-2-4-6-8(9,10)11/h1-7H2. The van der Waals surface area contributed by atoms with Gasteiger partial charge in [0.2, 0.25) is 0 Å². The summed E-state index contributed by atoms with van der Waals surface area (Å²) in [6, 6.07) is 0. The number of halogens is 3. The SMILES string of the molecule is [CH2]OCCCCCCC(F)(F)F. The van der Waals surface area contributed by atoms with E-state index < -0.39 is 12.6 Å². The number of alkyl halides is 3. The minimum Gasteiger partial charge on any atom is -0.379 e. The molecule has 12 heavy (non-hydrogen) atoms. The van der Waals surface area contributed by atoms with Crippen LogP contribution in [0.15, 0.2) is 0 Å². The molecule has 0 unspecified atom stereocenters. The van der Waals surface area contributed by atoms with Gasteiger partial charge >= 0.3 is 6.18 Å². The van der Waals surface area contributed by atoms with Gasteiger partial charge in [0.15, 0.2) is 0 Å². The fraction of sp³-hybridized carbons (Fsp3) is 0.875. The molecule has 1 nitrogen and oxygen atoms in total.